The van der Waals surface area contributed by atoms with Gasteiger partial charge in [-0.1, -0.05) is 0 Å². The first-order valence-corrected chi connectivity index (χ1v) is 2.08. The number of allylic oxidation sites excluding steroid dienone is 2. The number of cyclic esters (lactones) is 2. The van der Waals surface area contributed by atoms with Crippen LogP contribution in [0.5, 0.6) is 0 Å². The fraction of sp³-hybridized carbons (Fsp3) is 0. The molecule has 0 aromatic heterocycles. The Bertz CT molecular complexity index is 130. The summed E-state index contributed by atoms with van der Waals surface area (Å²) in [5.41, 5.74) is 0. The van der Waals surface area contributed by atoms with Gasteiger partial charge in [0, 0.05) is 0 Å². The average molecular weight is 112 g/mol. The molecule has 3 nitrogen and oxygen atoms in total. The Morgan fingerprint density at radius 1 is 1.12 bits per heavy atom. The molecule has 0 saturated heterocycles. The van der Waals surface area contributed by atoms with E-state index in [0.717, 1.165) is 0 Å². The lowest BCUT2D eigenvalue weighted by atomic mass is 10.6. The predicted molar refractivity (Wildman–Crippen MR) is 25.8 cm³/mol. The molecule has 1 heterocycles. The lowest BCUT2D eigenvalue weighted by Gasteiger charge is -1.90. The Morgan fingerprint density at radius 2 is 1.62 bits per heavy atom. The number of rotatable bonds is 0. The summed E-state index contributed by atoms with van der Waals surface area (Å²) in [5, 5.41) is 0. The average Bonchev–Trinajstić information content (AvgIpc) is 1.94. The van der Waals surface area contributed by atoms with Crippen LogP contribution in [0.4, 0.5) is 4.79 Å². The molecule has 8 heavy (non-hydrogen) atoms. The van der Waals surface area contributed by atoms with E-state index < -0.39 is 6.16 Å². The van der Waals surface area contributed by atoms with E-state index in [1.54, 1.807) is 12.2 Å². The van der Waals surface area contributed by atoms with Gasteiger partial charge in [0.05, 0.1) is 12.5 Å². The summed E-state index contributed by atoms with van der Waals surface area (Å²) in [7, 11) is 0. The molecule has 42 valence electrons. The smallest absolute Gasteiger partial charge is 0.403 e. The van der Waals surface area contributed by atoms with E-state index in [1.165, 1.54) is 12.5 Å². The molecule has 0 amide bonds. The van der Waals surface area contributed by atoms with Crippen molar-refractivity contribution in [2.45, 2.75) is 0 Å². The van der Waals surface area contributed by atoms with Gasteiger partial charge in [-0.25, -0.2) is 4.79 Å². The Balaban J connectivity index is 2.58. The van der Waals surface area contributed by atoms with Crippen molar-refractivity contribution in [3.63, 3.8) is 0 Å². The van der Waals surface area contributed by atoms with Crippen molar-refractivity contribution in [3.8, 4) is 0 Å². The van der Waals surface area contributed by atoms with Crippen LogP contribution >= 0.6 is 0 Å². The monoisotopic (exact) mass is 112 g/mol. The second kappa shape index (κ2) is 2.16. The zero-order valence-corrected chi connectivity index (χ0v) is 4.03. The van der Waals surface area contributed by atoms with Crippen molar-refractivity contribution in [2.75, 3.05) is 0 Å². The number of hydrogen-bond acceptors (Lipinski definition) is 3. The van der Waals surface area contributed by atoms with Crippen molar-refractivity contribution in [2.24, 2.45) is 0 Å². The third kappa shape index (κ3) is 1.11. The van der Waals surface area contributed by atoms with Gasteiger partial charge in [0.15, 0.2) is 0 Å². The quantitative estimate of drug-likeness (QED) is 0.441. The molecule has 0 saturated carbocycles. The van der Waals surface area contributed by atoms with Crippen molar-refractivity contribution in [1.29, 1.82) is 0 Å². The SMILES string of the molecule is O=C1OC=CC=CO1. The molecule has 0 radical (unpaired) electrons. The Morgan fingerprint density at radius 3 is 2.12 bits per heavy atom. The van der Waals surface area contributed by atoms with Crippen LogP contribution in [0.15, 0.2) is 24.7 Å². The minimum atomic E-state index is -0.699. The number of ether oxygens (including phenoxy) is 2. The molecule has 1 rings (SSSR count). The Labute approximate surface area is 46.2 Å². The van der Waals surface area contributed by atoms with Crippen molar-refractivity contribution in [1.82, 2.24) is 0 Å². The highest BCUT2D eigenvalue weighted by Crippen LogP contribution is 1.92. The second-order valence-corrected chi connectivity index (χ2v) is 1.14. The Kier molecular flexibility index (Phi) is 1.32. The minimum Gasteiger partial charge on any atom is -0.403 e. The molecular weight excluding hydrogens is 108 g/mol. The summed E-state index contributed by atoms with van der Waals surface area (Å²) in [6, 6.07) is 0. The van der Waals surface area contributed by atoms with Gasteiger partial charge in [-0.05, 0) is 12.2 Å². The number of carbonyl (C=O) groups excluding carboxylic acids is 1. The summed E-state index contributed by atoms with van der Waals surface area (Å²) in [6.07, 6.45) is 4.93. The molecule has 0 aromatic carbocycles. The van der Waals surface area contributed by atoms with Crippen LogP contribution in [-0.2, 0) is 9.47 Å². The van der Waals surface area contributed by atoms with Gasteiger partial charge < -0.3 is 9.47 Å². The van der Waals surface area contributed by atoms with Gasteiger partial charge in [0.2, 0.25) is 0 Å². The molecule has 0 bridgehead atoms. The maximum absolute atomic E-state index is 10.1. The van der Waals surface area contributed by atoms with Gasteiger partial charge in [0.25, 0.3) is 0 Å². The predicted octanol–water partition coefficient (Wildman–Crippen LogP) is 1.18. The molecule has 0 spiro atoms. The Hall–Kier alpha value is -1.25. The van der Waals surface area contributed by atoms with Crippen LogP contribution < -0.4 is 0 Å². The zero-order chi connectivity index (χ0) is 5.82. The standard InChI is InChI=1S/C5H4O3/c6-5-7-3-1-2-4-8-5/h1-4H. The van der Waals surface area contributed by atoms with Crippen molar-refractivity contribution in [3.05, 3.63) is 24.7 Å². The first-order chi connectivity index (χ1) is 3.89. The largest absolute Gasteiger partial charge is 0.518 e. The van der Waals surface area contributed by atoms with E-state index in [1.807, 2.05) is 0 Å². The molecule has 3 heteroatoms. The fourth-order valence-corrected chi connectivity index (χ4v) is 0.308. The summed E-state index contributed by atoms with van der Waals surface area (Å²) in [4.78, 5) is 10.1. The molecule has 0 fully saturated rings. The highest BCUT2D eigenvalue weighted by atomic mass is 16.7. The summed E-state index contributed by atoms with van der Waals surface area (Å²) >= 11 is 0. The van der Waals surface area contributed by atoms with Crippen LogP contribution in [0.3, 0.4) is 0 Å². The third-order valence-corrected chi connectivity index (χ3v) is 0.597. The molecule has 1 aliphatic heterocycles. The molecule has 1 aliphatic rings. The maximum Gasteiger partial charge on any atom is 0.518 e. The van der Waals surface area contributed by atoms with E-state index in [4.69, 9.17) is 0 Å². The topological polar surface area (TPSA) is 35.5 Å². The van der Waals surface area contributed by atoms with Crippen LogP contribution in [-0.4, -0.2) is 6.16 Å². The van der Waals surface area contributed by atoms with Crippen molar-refractivity contribution < 1.29 is 14.3 Å². The molecule has 0 unspecified atom stereocenters. The molecule has 0 aromatic rings. The van der Waals surface area contributed by atoms with Crippen LogP contribution in [0.2, 0.25) is 0 Å². The van der Waals surface area contributed by atoms with Crippen LogP contribution in [0, 0.1) is 0 Å². The number of hydrogen-bond donors (Lipinski definition) is 0. The summed E-state index contributed by atoms with van der Waals surface area (Å²) < 4.78 is 8.60. The first kappa shape index (κ1) is 4.90. The number of carbonyl (C=O) groups is 1. The minimum absolute atomic E-state index is 0.699. The van der Waals surface area contributed by atoms with E-state index in [2.05, 4.69) is 9.47 Å². The summed E-state index contributed by atoms with van der Waals surface area (Å²) in [5.74, 6) is 0. The van der Waals surface area contributed by atoms with E-state index in [-0.39, 0.29) is 0 Å². The van der Waals surface area contributed by atoms with Gasteiger partial charge in [-0.15, -0.1) is 0 Å². The highest BCUT2D eigenvalue weighted by Gasteiger charge is 1.97. The van der Waals surface area contributed by atoms with Gasteiger partial charge in [-0.2, -0.15) is 0 Å². The highest BCUT2D eigenvalue weighted by molar-refractivity contribution is 5.61. The molecule has 0 aliphatic carbocycles. The lowest BCUT2D eigenvalue weighted by Crippen LogP contribution is -1.95. The zero-order valence-electron chi connectivity index (χ0n) is 4.03. The molecular formula is C5H4O3. The van der Waals surface area contributed by atoms with E-state index in [0.29, 0.717) is 0 Å². The lowest BCUT2D eigenvalue weighted by molar-refractivity contribution is 0.121. The van der Waals surface area contributed by atoms with Gasteiger partial charge in [-0.3, -0.25) is 0 Å². The normalized spacial score (nSPS) is 16.8. The van der Waals surface area contributed by atoms with Crippen molar-refractivity contribution >= 4 is 6.16 Å². The van der Waals surface area contributed by atoms with Crippen LogP contribution in [0.25, 0.3) is 0 Å². The van der Waals surface area contributed by atoms with Crippen LogP contribution in [0.1, 0.15) is 0 Å². The maximum atomic E-state index is 10.1. The fourth-order valence-electron chi connectivity index (χ4n) is 0.308. The summed E-state index contributed by atoms with van der Waals surface area (Å²) in [6.45, 7) is 0. The molecule has 0 N–H and O–H groups in total. The van der Waals surface area contributed by atoms with E-state index in [9.17, 15) is 4.79 Å². The molecule has 0 atom stereocenters. The van der Waals surface area contributed by atoms with Gasteiger partial charge >= 0.3 is 6.16 Å². The van der Waals surface area contributed by atoms with Gasteiger partial charge in [0.1, 0.15) is 0 Å². The first-order valence-electron chi connectivity index (χ1n) is 2.08. The third-order valence-electron chi connectivity index (χ3n) is 0.597. The second-order valence-electron chi connectivity index (χ2n) is 1.14. The van der Waals surface area contributed by atoms with E-state index >= 15 is 0 Å².